The number of nitrogens with zero attached hydrogens (tertiary/aromatic N) is 2. The van der Waals surface area contributed by atoms with Crippen molar-refractivity contribution in [3.8, 4) is 0 Å². The van der Waals surface area contributed by atoms with Gasteiger partial charge in [0.1, 0.15) is 0 Å². The first-order chi connectivity index (χ1) is 8.13. The van der Waals surface area contributed by atoms with Gasteiger partial charge >= 0.3 is 0 Å². The minimum atomic E-state index is -0.395. The van der Waals surface area contributed by atoms with Crippen LogP contribution < -0.4 is 0 Å². The first kappa shape index (κ1) is 12.6. The Morgan fingerprint density at radius 2 is 2.29 bits per heavy atom. The summed E-state index contributed by atoms with van der Waals surface area (Å²) in [6.45, 7) is 7.66. The highest BCUT2D eigenvalue weighted by Crippen LogP contribution is 2.25. The van der Waals surface area contributed by atoms with Crippen molar-refractivity contribution < 1.29 is 9.84 Å². The van der Waals surface area contributed by atoms with E-state index in [9.17, 15) is 5.11 Å². The van der Waals surface area contributed by atoms with Crippen molar-refractivity contribution in [3.63, 3.8) is 0 Å². The Kier molecular flexibility index (Phi) is 3.84. The molecule has 1 N–H and O–H groups in total. The summed E-state index contributed by atoms with van der Waals surface area (Å²) >= 11 is 0. The second-order valence-electron chi connectivity index (χ2n) is 4.83. The smallest absolute Gasteiger partial charge is 0.0823 e. The SMILES string of the molecule is CCC(O)c1c(C)nn(CC2CCCO2)c1C. The molecule has 4 nitrogen and oxygen atoms in total. The molecule has 0 aromatic carbocycles. The van der Waals surface area contributed by atoms with E-state index in [0.29, 0.717) is 6.10 Å². The van der Waals surface area contributed by atoms with E-state index in [1.165, 1.54) is 0 Å². The maximum Gasteiger partial charge on any atom is 0.0823 e. The average molecular weight is 238 g/mol. The van der Waals surface area contributed by atoms with Crippen LogP contribution in [0.3, 0.4) is 0 Å². The molecule has 0 aliphatic carbocycles. The number of aliphatic hydroxyl groups is 1. The van der Waals surface area contributed by atoms with Crippen molar-refractivity contribution in [2.45, 2.75) is 58.8 Å². The molecule has 1 fully saturated rings. The molecular weight excluding hydrogens is 216 g/mol. The van der Waals surface area contributed by atoms with Crippen LogP contribution in [-0.4, -0.2) is 27.6 Å². The van der Waals surface area contributed by atoms with Crippen LogP contribution in [0.25, 0.3) is 0 Å². The summed E-state index contributed by atoms with van der Waals surface area (Å²) < 4.78 is 7.61. The molecule has 1 aromatic heterocycles. The molecule has 1 aliphatic heterocycles. The molecule has 1 saturated heterocycles. The number of aromatic nitrogens is 2. The second-order valence-corrected chi connectivity index (χ2v) is 4.83. The van der Waals surface area contributed by atoms with E-state index in [1.807, 2.05) is 25.5 Å². The number of hydrogen-bond donors (Lipinski definition) is 1. The van der Waals surface area contributed by atoms with E-state index in [0.717, 1.165) is 49.4 Å². The van der Waals surface area contributed by atoms with Gasteiger partial charge in [0.15, 0.2) is 0 Å². The molecule has 0 radical (unpaired) electrons. The molecule has 0 spiro atoms. The summed E-state index contributed by atoms with van der Waals surface area (Å²) in [6, 6.07) is 0. The van der Waals surface area contributed by atoms with Gasteiger partial charge in [0.2, 0.25) is 0 Å². The molecular formula is C13H22N2O2. The fraction of sp³-hybridized carbons (Fsp3) is 0.769. The number of ether oxygens (including phenoxy) is 1. The predicted molar refractivity (Wildman–Crippen MR) is 65.9 cm³/mol. The van der Waals surface area contributed by atoms with Crippen molar-refractivity contribution in [2.24, 2.45) is 0 Å². The Morgan fingerprint density at radius 1 is 1.53 bits per heavy atom. The third-order valence-corrected chi connectivity index (χ3v) is 3.56. The van der Waals surface area contributed by atoms with E-state index in [2.05, 4.69) is 5.10 Å². The van der Waals surface area contributed by atoms with Gasteiger partial charge in [-0.25, -0.2) is 0 Å². The van der Waals surface area contributed by atoms with Crippen molar-refractivity contribution in [1.82, 2.24) is 9.78 Å². The van der Waals surface area contributed by atoms with E-state index < -0.39 is 6.10 Å². The van der Waals surface area contributed by atoms with Crippen LogP contribution in [0.5, 0.6) is 0 Å². The molecule has 1 aliphatic rings. The molecule has 17 heavy (non-hydrogen) atoms. The van der Waals surface area contributed by atoms with Crippen LogP contribution >= 0.6 is 0 Å². The Morgan fingerprint density at radius 3 is 2.88 bits per heavy atom. The van der Waals surface area contributed by atoms with E-state index in [-0.39, 0.29) is 0 Å². The zero-order valence-electron chi connectivity index (χ0n) is 10.9. The maximum atomic E-state index is 9.98. The Hall–Kier alpha value is -0.870. The molecule has 2 unspecified atom stereocenters. The molecule has 0 bridgehead atoms. The zero-order valence-corrected chi connectivity index (χ0v) is 10.9. The lowest BCUT2D eigenvalue weighted by Crippen LogP contribution is -2.17. The van der Waals surface area contributed by atoms with Crippen molar-refractivity contribution >= 4 is 0 Å². The molecule has 2 rings (SSSR count). The van der Waals surface area contributed by atoms with Gasteiger partial charge in [-0.2, -0.15) is 5.10 Å². The highest BCUT2D eigenvalue weighted by molar-refractivity contribution is 5.26. The van der Waals surface area contributed by atoms with Crippen molar-refractivity contribution in [2.75, 3.05) is 6.61 Å². The topological polar surface area (TPSA) is 47.3 Å². The summed E-state index contributed by atoms with van der Waals surface area (Å²) in [7, 11) is 0. The predicted octanol–water partition coefficient (Wildman–Crippen LogP) is 2.12. The largest absolute Gasteiger partial charge is 0.388 e. The van der Waals surface area contributed by atoms with E-state index in [1.54, 1.807) is 0 Å². The van der Waals surface area contributed by atoms with Crippen LogP contribution in [0, 0.1) is 13.8 Å². The standard InChI is InChI=1S/C13H22N2O2/c1-4-12(16)13-9(2)14-15(10(13)3)8-11-6-5-7-17-11/h11-12,16H,4-8H2,1-3H3. The first-order valence-electron chi connectivity index (χ1n) is 6.47. The molecule has 4 heteroatoms. The van der Waals surface area contributed by atoms with Gasteiger partial charge in [0.25, 0.3) is 0 Å². The average Bonchev–Trinajstić information content (AvgIpc) is 2.89. The molecule has 2 heterocycles. The van der Waals surface area contributed by atoms with Gasteiger partial charge in [-0.05, 0) is 33.1 Å². The second kappa shape index (κ2) is 5.19. The van der Waals surface area contributed by atoms with Crippen LogP contribution in [0.4, 0.5) is 0 Å². The summed E-state index contributed by atoms with van der Waals surface area (Å²) in [4.78, 5) is 0. The fourth-order valence-corrected chi connectivity index (χ4v) is 2.56. The Bertz CT molecular complexity index is 381. The van der Waals surface area contributed by atoms with Gasteiger partial charge in [-0.15, -0.1) is 0 Å². The number of aryl methyl sites for hydroxylation is 1. The van der Waals surface area contributed by atoms with E-state index >= 15 is 0 Å². The van der Waals surface area contributed by atoms with Gasteiger partial charge in [-0.1, -0.05) is 6.92 Å². The van der Waals surface area contributed by atoms with E-state index in [4.69, 9.17) is 4.74 Å². The number of hydrogen-bond acceptors (Lipinski definition) is 3. The van der Waals surface area contributed by atoms with Crippen LogP contribution in [-0.2, 0) is 11.3 Å². The summed E-state index contributed by atoms with van der Waals surface area (Å²) in [5.41, 5.74) is 3.01. The van der Waals surface area contributed by atoms with Crippen LogP contribution in [0.1, 0.15) is 49.2 Å². The normalized spacial score (nSPS) is 22.0. The fourth-order valence-electron chi connectivity index (χ4n) is 2.56. The number of rotatable bonds is 4. The Balaban J connectivity index is 2.17. The van der Waals surface area contributed by atoms with Crippen LogP contribution in [0.2, 0.25) is 0 Å². The zero-order chi connectivity index (χ0) is 12.4. The van der Waals surface area contributed by atoms with Gasteiger partial charge in [0.05, 0.1) is 24.4 Å². The Labute approximate surface area is 103 Å². The lowest BCUT2D eigenvalue weighted by Gasteiger charge is -2.12. The molecule has 0 saturated carbocycles. The summed E-state index contributed by atoms with van der Waals surface area (Å²) in [5, 5.41) is 14.5. The monoisotopic (exact) mass is 238 g/mol. The maximum absolute atomic E-state index is 9.98. The van der Waals surface area contributed by atoms with Gasteiger partial charge in [0, 0.05) is 17.9 Å². The highest BCUT2D eigenvalue weighted by Gasteiger charge is 2.21. The highest BCUT2D eigenvalue weighted by atomic mass is 16.5. The van der Waals surface area contributed by atoms with Crippen LogP contribution in [0.15, 0.2) is 0 Å². The third-order valence-electron chi connectivity index (χ3n) is 3.56. The molecule has 0 amide bonds. The molecule has 1 aromatic rings. The minimum absolute atomic E-state index is 0.291. The minimum Gasteiger partial charge on any atom is -0.388 e. The van der Waals surface area contributed by atoms with Gasteiger partial charge in [-0.3, -0.25) is 4.68 Å². The van der Waals surface area contributed by atoms with Crippen molar-refractivity contribution in [3.05, 3.63) is 17.0 Å². The third kappa shape index (κ3) is 2.53. The summed E-state index contributed by atoms with van der Waals surface area (Å²) in [5.74, 6) is 0. The lowest BCUT2D eigenvalue weighted by atomic mass is 10.1. The molecule has 96 valence electrons. The summed E-state index contributed by atoms with van der Waals surface area (Å²) in [6.07, 6.45) is 2.89. The lowest BCUT2D eigenvalue weighted by molar-refractivity contribution is 0.0932. The molecule has 2 atom stereocenters. The quantitative estimate of drug-likeness (QED) is 0.874. The first-order valence-corrected chi connectivity index (χ1v) is 6.47. The number of aliphatic hydroxyl groups excluding tert-OH is 1. The van der Waals surface area contributed by atoms with Gasteiger partial charge < -0.3 is 9.84 Å². The van der Waals surface area contributed by atoms with Crippen molar-refractivity contribution in [1.29, 1.82) is 0 Å².